The largest absolute Gasteiger partial charge is 0.444 e. The van der Waals surface area contributed by atoms with E-state index in [1.54, 1.807) is 20.8 Å². The topological polar surface area (TPSA) is 108 Å². The monoisotopic (exact) mass is 461 g/mol. The van der Waals surface area contributed by atoms with E-state index in [-0.39, 0.29) is 11.9 Å². The van der Waals surface area contributed by atoms with Crippen molar-refractivity contribution in [3.8, 4) is 0 Å². The van der Waals surface area contributed by atoms with Crippen LogP contribution in [0, 0.1) is 13.8 Å². The molecule has 1 aromatic carbocycles. The van der Waals surface area contributed by atoms with E-state index in [4.69, 9.17) is 4.74 Å². The summed E-state index contributed by atoms with van der Waals surface area (Å²) in [5, 5.41) is 15.4. The van der Waals surface area contributed by atoms with E-state index in [1.807, 2.05) is 52.8 Å². The molecule has 0 aliphatic heterocycles. The molecule has 0 aromatic heterocycles. The average Bonchev–Trinajstić information content (AvgIpc) is 3.48. The van der Waals surface area contributed by atoms with E-state index in [0.29, 0.717) is 0 Å². The number of hydrogen-bond acceptors (Lipinski definition) is 5. The number of rotatable bonds is 7. The zero-order chi connectivity index (χ0) is 25.1. The number of carbonyl (C=O) groups excluding carboxylic acids is 3. The van der Waals surface area contributed by atoms with Gasteiger partial charge in [-0.15, -0.1) is 0 Å². The Labute approximate surface area is 197 Å². The first-order valence-corrected chi connectivity index (χ1v) is 11.5. The molecule has 0 heterocycles. The van der Waals surface area contributed by atoms with Gasteiger partial charge in [0.05, 0.1) is 6.61 Å². The van der Waals surface area contributed by atoms with Crippen LogP contribution in [0.25, 0.3) is 0 Å². The van der Waals surface area contributed by atoms with Crippen LogP contribution in [0.5, 0.6) is 0 Å². The fourth-order valence-corrected chi connectivity index (χ4v) is 3.61. The van der Waals surface area contributed by atoms with Gasteiger partial charge in [0.1, 0.15) is 17.7 Å². The Bertz CT molecular complexity index is 881. The fraction of sp³-hybridized carbons (Fsp3) is 0.640. The molecular formula is C25H39N3O5. The van der Waals surface area contributed by atoms with Crippen molar-refractivity contribution < 1.29 is 24.2 Å². The van der Waals surface area contributed by atoms with Crippen molar-refractivity contribution in [3.63, 3.8) is 0 Å². The van der Waals surface area contributed by atoms with Gasteiger partial charge in [-0.1, -0.05) is 18.2 Å². The molecule has 1 fully saturated rings. The van der Waals surface area contributed by atoms with Crippen molar-refractivity contribution in [3.05, 3.63) is 34.9 Å². The van der Waals surface area contributed by atoms with E-state index in [1.165, 1.54) is 4.90 Å². The first kappa shape index (κ1) is 26.6. The Morgan fingerprint density at radius 1 is 1.12 bits per heavy atom. The number of benzene rings is 1. The van der Waals surface area contributed by atoms with E-state index in [0.717, 1.165) is 29.5 Å². The van der Waals surface area contributed by atoms with Gasteiger partial charge < -0.3 is 25.4 Å². The van der Waals surface area contributed by atoms with E-state index < -0.39 is 41.8 Å². The number of aliphatic hydroxyl groups is 1. The minimum Gasteiger partial charge on any atom is -0.444 e. The predicted molar refractivity (Wildman–Crippen MR) is 127 cm³/mol. The molecule has 0 saturated heterocycles. The molecule has 3 N–H and O–H groups in total. The van der Waals surface area contributed by atoms with Gasteiger partial charge in [0, 0.05) is 11.6 Å². The molecule has 2 atom stereocenters. The summed E-state index contributed by atoms with van der Waals surface area (Å²) in [5.74, 6) is -0.814. The lowest BCUT2D eigenvalue weighted by molar-refractivity contribution is -0.144. The number of aliphatic hydroxyl groups excluding tert-OH is 1. The van der Waals surface area contributed by atoms with E-state index >= 15 is 0 Å². The Kier molecular flexibility index (Phi) is 8.17. The third-order valence-electron chi connectivity index (χ3n) is 5.33. The molecule has 8 heteroatoms. The van der Waals surface area contributed by atoms with Gasteiger partial charge in [0.15, 0.2) is 0 Å². The minimum atomic E-state index is -1.23. The number of amides is 3. The van der Waals surface area contributed by atoms with Crippen LogP contribution in [0.1, 0.15) is 77.1 Å². The summed E-state index contributed by atoms with van der Waals surface area (Å²) in [4.78, 5) is 41.0. The number of hydrogen-bond donors (Lipinski definition) is 3. The summed E-state index contributed by atoms with van der Waals surface area (Å²) in [5.41, 5.74) is 1.40. The van der Waals surface area contributed by atoms with Crippen molar-refractivity contribution in [1.29, 1.82) is 0 Å². The summed E-state index contributed by atoms with van der Waals surface area (Å²) in [7, 11) is 0. The number of nitrogens with zero attached hydrogens (tertiary/aromatic N) is 1. The van der Waals surface area contributed by atoms with Crippen LogP contribution in [0.2, 0.25) is 0 Å². The molecule has 0 radical (unpaired) electrons. The molecule has 1 aliphatic carbocycles. The summed E-state index contributed by atoms with van der Waals surface area (Å²) in [6, 6.07) is 3.42. The smallest absolute Gasteiger partial charge is 0.408 e. The Balaban J connectivity index is 2.46. The third-order valence-corrected chi connectivity index (χ3v) is 5.33. The molecule has 0 bridgehead atoms. The van der Waals surface area contributed by atoms with Crippen molar-refractivity contribution in [2.24, 2.45) is 0 Å². The van der Waals surface area contributed by atoms with Gasteiger partial charge in [-0.2, -0.15) is 0 Å². The highest BCUT2D eigenvalue weighted by atomic mass is 16.6. The molecule has 3 amide bonds. The first-order valence-electron chi connectivity index (χ1n) is 11.5. The number of carbonyl (C=O) groups is 3. The Morgan fingerprint density at radius 2 is 1.73 bits per heavy atom. The van der Waals surface area contributed by atoms with Crippen molar-refractivity contribution in [1.82, 2.24) is 15.5 Å². The zero-order valence-corrected chi connectivity index (χ0v) is 21.1. The normalized spacial score (nSPS) is 15.9. The van der Waals surface area contributed by atoms with Crippen LogP contribution in [0.3, 0.4) is 0 Å². The van der Waals surface area contributed by atoms with Gasteiger partial charge in [-0.05, 0) is 84.9 Å². The van der Waals surface area contributed by atoms with Crippen LogP contribution in [-0.2, 0) is 14.3 Å². The number of alkyl carbamates (subject to hydrolysis) is 1. The highest BCUT2D eigenvalue weighted by Crippen LogP contribution is 2.37. The molecule has 184 valence electrons. The summed E-state index contributed by atoms with van der Waals surface area (Å²) in [6.07, 6.45) is 0.703. The van der Waals surface area contributed by atoms with E-state index in [2.05, 4.69) is 10.6 Å². The van der Waals surface area contributed by atoms with E-state index in [9.17, 15) is 19.5 Å². The second-order valence-electron chi connectivity index (χ2n) is 10.8. The predicted octanol–water partition coefficient (Wildman–Crippen LogP) is 3.14. The summed E-state index contributed by atoms with van der Waals surface area (Å²) in [6.45, 7) is 14.1. The molecule has 2 rings (SSSR count). The molecule has 2 unspecified atom stereocenters. The van der Waals surface area contributed by atoms with Gasteiger partial charge >= 0.3 is 6.09 Å². The summed E-state index contributed by atoms with van der Waals surface area (Å²) < 4.78 is 5.26. The van der Waals surface area contributed by atoms with Crippen LogP contribution in [0.15, 0.2) is 18.2 Å². The van der Waals surface area contributed by atoms with Gasteiger partial charge in [-0.3, -0.25) is 9.59 Å². The Hall–Kier alpha value is -2.61. The second-order valence-corrected chi connectivity index (χ2v) is 10.8. The van der Waals surface area contributed by atoms with Gasteiger partial charge in [0.2, 0.25) is 11.8 Å². The number of ether oxygens (including phenoxy) is 1. The lowest BCUT2D eigenvalue weighted by Gasteiger charge is -2.36. The lowest BCUT2D eigenvalue weighted by Crippen LogP contribution is -2.56. The zero-order valence-electron chi connectivity index (χ0n) is 21.1. The minimum absolute atomic E-state index is 0.150. The van der Waals surface area contributed by atoms with Gasteiger partial charge in [0.25, 0.3) is 0 Å². The fourth-order valence-electron chi connectivity index (χ4n) is 3.61. The van der Waals surface area contributed by atoms with Crippen LogP contribution < -0.4 is 10.6 Å². The van der Waals surface area contributed by atoms with Crippen LogP contribution in [0.4, 0.5) is 4.79 Å². The van der Waals surface area contributed by atoms with Crippen molar-refractivity contribution in [2.75, 3.05) is 6.61 Å². The van der Waals surface area contributed by atoms with Gasteiger partial charge in [-0.25, -0.2) is 4.79 Å². The number of aryl methyl sites for hydroxylation is 1. The maximum absolute atomic E-state index is 13.7. The maximum atomic E-state index is 13.7. The third kappa shape index (κ3) is 7.45. The Morgan fingerprint density at radius 3 is 2.21 bits per heavy atom. The molecule has 1 aliphatic rings. The standard InChI is InChI=1S/C25H39N3O5/c1-15-10-9-11-18(16(15)2)20(21(30)27-24(3,4)5)28(17-12-13-17)22(31)19(14-29)26-23(32)33-25(6,7)8/h9-11,17,19-20,29H,12-14H2,1-8H3,(H,26,32)(H,27,30). The summed E-state index contributed by atoms with van der Waals surface area (Å²) >= 11 is 0. The molecule has 1 saturated carbocycles. The highest BCUT2D eigenvalue weighted by molar-refractivity contribution is 5.93. The van der Waals surface area contributed by atoms with Crippen LogP contribution >= 0.6 is 0 Å². The highest BCUT2D eigenvalue weighted by Gasteiger charge is 2.45. The molecular weight excluding hydrogens is 422 g/mol. The lowest BCUT2D eigenvalue weighted by atomic mass is 9.94. The SMILES string of the molecule is Cc1cccc(C(C(=O)NC(C)(C)C)N(C(=O)C(CO)NC(=O)OC(C)(C)C)C2CC2)c1C. The molecule has 8 nitrogen and oxygen atoms in total. The molecule has 1 aromatic rings. The van der Waals surface area contributed by atoms with Crippen molar-refractivity contribution >= 4 is 17.9 Å². The molecule has 33 heavy (non-hydrogen) atoms. The quantitative estimate of drug-likeness (QED) is 0.578. The van der Waals surface area contributed by atoms with Crippen LogP contribution in [-0.4, -0.2) is 57.7 Å². The first-order chi connectivity index (χ1) is 15.1. The van der Waals surface area contributed by atoms with Crippen molar-refractivity contribution in [2.45, 2.75) is 97.5 Å². The maximum Gasteiger partial charge on any atom is 0.408 e. The second kappa shape index (κ2) is 10.1. The average molecular weight is 462 g/mol. The molecule has 0 spiro atoms. The number of nitrogens with one attached hydrogen (secondary N) is 2.